The Morgan fingerprint density at radius 2 is 2.00 bits per heavy atom. The van der Waals surface area contributed by atoms with Gasteiger partial charge in [-0.15, -0.1) is 0 Å². The highest BCUT2D eigenvalue weighted by Crippen LogP contribution is 2.61. The van der Waals surface area contributed by atoms with Crippen LogP contribution in [-0.2, 0) is 11.3 Å². The van der Waals surface area contributed by atoms with Crippen molar-refractivity contribution in [1.29, 1.82) is 0 Å². The highest BCUT2D eigenvalue weighted by Gasteiger charge is 2.79. The van der Waals surface area contributed by atoms with Gasteiger partial charge in [-0.2, -0.15) is 13.2 Å². The zero-order chi connectivity index (χ0) is 16.6. The summed E-state index contributed by atoms with van der Waals surface area (Å²) in [6.45, 7) is 0.463. The molecule has 124 valence electrons. The van der Waals surface area contributed by atoms with Crippen molar-refractivity contribution in [3.63, 3.8) is 0 Å². The Bertz CT molecular complexity index is 692. The minimum Gasteiger partial charge on any atom is -0.372 e. The number of halogens is 3. The summed E-state index contributed by atoms with van der Waals surface area (Å²) in [6.07, 6.45) is -3.81. The summed E-state index contributed by atoms with van der Waals surface area (Å²) >= 11 is 0. The van der Waals surface area contributed by atoms with Crippen molar-refractivity contribution in [3.8, 4) is 0 Å². The molecule has 3 atom stereocenters. The predicted molar refractivity (Wildman–Crippen MR) is 76.5 cm³/mol. The molecule has 23 heavy (non-hydrogen) atoms. The lowest BCUT2D eigenvalue weighted by Gasteiger charge is -2.49. The van der Waals surface area contributed by atoms with Gasteiger partial charge < -0.3 is 5.11 Å². The minimum atomic E-state index is -4.99. The number of rotatable bonds is 0. The van der Waals surface area contributed by atoms with Crippen molar-refractivity contribution in [2.45, 2.75) is 43.2 Å². The van der Waals surface area contributed by atoms with Gasteiger partial charge >= 0.3 is 6.18 Å². The molecule has 1 N–H and O–H groups in total. The molecule has 0 radical (unpaired) electrons. The lowest BCUT2D eigenvalue weighted by Crippen LogP contribution is -2.61. The molecule has 2 heterocycles. The average molecular weight is 326 g/mol. The van der Waals surface area contributed by atoms with Gasteiger partial charge in [0.15, 0.2) is 0 Å². The van der Waals surface area contributed by atoms with Gasteiger partial charge in [0.25, 0.3) is 5.91 Å². The Kier molecular flexibility index (Phi) is 2.78. The van der Waals surface area contributed by atoms with Crippen LogP contribution in [0.25, 0.3) is 0 Å². The first-order valence-electron chi connectivity index (χ1n) is 7.67. The third-order valence-corrected chi connectivity index (χ3v) is 5.75. The first kappa shape index (κ1) is 15.0. The Morgan fingerprint density at radius 3 is 2.70 bits per heavy atom. The van der Waals surface area contributed by atoms with Crippen molar-refractivity contribution in [3.05, 3.63) is 29.8 Å². The fraction of sp³-hybridized carbons (Fsp3) is 0.562. The highest BCUT2D eigenvalue weighted by atomic mass is 19.4. The number of amides is 1. The van der Waals surface area contributed by atoms with Crippen LogP contribution in [-0.4, -0.2) is 40.4 Å². The molecule has 1 amide bonds. The second-order valence-corrected chi connectivity index (χ2v) is 6.71. The van der Waals surface area contributed by atoms with E-state index in [2.05, 4.69) is 0 Å². The summed E-state index contributed by atoms with van der Waals surface area (Å²) in [4.78, 5) is 15.8. The minimum absolute atomic E-state index is 0.185. The summed E-state index contributed by atoms with van der Waals surface area (Å²) in [5.41, 5.74) is -3.11. The molecule has 1 saturated heterocycles. The molecule has 1 aliphatic carbocycles. The third-order valence-electron chi connectivity index (χ3n) is 5.75. The maximum atomic E-state index is 13.7. The lowest BCUT2D eigenvalue weighted by molar-refractivity contribution is -0.265. The van der Waals surface area contributed by atoms with Crippen LogP contribution in [0.4, 0.5) is 18.9 Å². The van der Waals surface area contributed by atoms with Crippen LogP contribution in [0.3, 0.4) is 0 Å². The number of carbonyl (C=O) groups excluding carboxylic acids is 1. The van der Waals surface area contributed by atoms with Crippen LogP contribution in [0.5, 0.6) is 0 Å². The van der Waals surface area contributed by atoms with Crippen LogP contribution in [0.15, 0.2) is 24.3 Å². The van der Waals surface area contributed by atoms with Crippen molar-refractivity contribution in [2.75, 3.05) is 11.9 Å². The van der Waals surface area contributed by atoms with Crippen LogP contribution < -0.4 is 4.90 Å². The first-order chi connectivity index (χ1) is 10.7. The van der Waals surface area contributed by atoms with Crippen molar-refractivity contribution < 1.29 is 23.1 Å². The van der Waals surface area contributed by atoms with Crippen molar-refractivity contribution in [1.82, 2.24) is 4.90 Å². The molecule has 1 aromatic rings. The Hall–Kier alpha value is -1.60. The largest absolute Gasteiger partial charge is 0.426 e. The van der Waals surface area contributed by atoms with E-state index in [0.29, 0.717) is 25.1 Å². The first-order valence-corrected chi connectivity index (χ1v) is 7.67. The van der Waals surface area contributed by atoms with E-state index in [9.17, 15) is 23.1 Å². The van der Waals surface area contributed by atoms with Gasteiger partial charge in [-0.1, -0.05) is 18.2 Å². The number of anilines is 1. The smallest absolute Gasteiger partial charge is 0.372 e. The lowest BCUT2D eigenvalue weighted by atomic mass is 9.82. The molecule has 1 spiro atoms. The van der Waals surface area contributed by atoms with Gasteiger partial charge in [-0.05, 0) is 37.9 Å². The molecule has 2 aliphatic heterocycles. The monoisotopic (exact) mass is 326 g/mol. The number of carbonyl (C=O) groups is 1. The number of nitrogens with zero attached hydrogens (tertiary/aromatic N) is 2. The molecule has 1 aromatic carbocycles. The molecule has 4 rings (SSSR count). The molecular weight excluding hydrogens is 309 g/mol. The quantitative estimate of drug-likeness (QED) is 0.795. The summed E-state index contributed by atoms with van der Waals surface area (Å²) < 4.78 is 41.0. The predicted octanol–water partition coefficient (Wildman–Crippen LogP) is 2.27. The maximum absolute atomic E-state index is 13.7. The van der Waals surface area contributed by atoms with E-state index < -0.39 is 29.3 Å². The summed E-state index contributed by atoms with van der Waals surface area (Å²) in [6, 6.07) is 6.98. The molecule has 1 saturated carbocycles. The van der Waals surface area contributed by atoms with E-state index in [0.717, 1.165) is 5.56 Å². The fourth-order valence-corrected chi connectivity index (χ4v) is 4.80. The molecule has 7 heteroatoms. The number of fused-ring (bicyclic) bond motifs is 2. The number of para-hydroxylation sites is 1. The number of aliphatic hydroxyl groups is 1. The summed E-state index contributed by atoms with van der Waals surface area (Å²) in [5, 5.41) is 10.5. The van der Waals surface area contributed by atoms with Crippen LogP contribution in [0.1, 0.15) is 24.8 Å². The molecule has 0 unspecified atom stereocenters. The van der Waals surface area contributed by atoms with Gasteiger partial charge in [0, 0.05) is 12.5 Å². The number of hydrogen-bond donors (Lipinski definition) is 1. The van der Waals surface area contributed by atoms with E-state index in [1.807, 2.05) is 0 Å². The molecule has 2 fully saturated rings. The zero-order valence-corrected chi connectivity index (χ0v) is 12.6. The standard InChI is InChI=1S/C16H17F3N2O2/c1-20-9-10-5-2-3-6-11(10)21-13(22)15(23,16(17,18)19)12-7-4-8-14(12,20)21/h2-3,5-6,12,23H,4,7-9H2,1H3/t12-,14+,15+/m1/s1. The maximum Gasteiger partial charge on any atom is 0.426 e. The molecule has 0 aromatic heterocycles. The SMILES string of the molecule is CN1Cc2ccccc2N2C(=O)[C@](O)(C(F)(F)F)[C@@H]3CCC[C@]312. The van der Waals surface area contributed by atoms with E-state index in [1.165, 1.54) is 4.90 Å². The number of benzene rings is 1. The molecular formula is C16H17F3N2O2. The van der Waals surface area contributed by atoms with Crippen molar-refractivity contribution >= 4 is 11.6 Å². The molecule has 3 aliphatic rings. The number of hydrogen-bond acceptors (Lipinski definition) is 3. The summed E-state index contributed by atoms with van der Waals surface area (Å²) in [7, 11) is 1.73. The second kappa shape index (κ2) is 4.27. The fourth-order valence-electron chi connectivity index (χ4n) is 4.80. The Labute approximate surface area is 131 Å². The third kappa shape index (κ3) is 1.52. The van der Waals surface area contributed by atoms with Crippen LogP contribution in [0.2, 0.25) is 0 Å². The van der Waals surface area contributed by atoms with Gasteiger partial charge in [-0.3, -0.25) is 14.6 Å². The molecule has 4 nitrogen and oxygen atoms in total. The number of alkyl halides is 3. The van der Waals surface area contributed by atoms with E-state index in [-0.39, 0.29) is 6.42 Å². The Morgan fingerprint density at radius 1 is 1.30 bits per heavy atom. The van der Waals surface area contributed by atoms with Crippen LogP contribution in [0, 0.1) is 5.92 Å². The Balaban J connectivity index is 1.99. The van der Waals surface area contributed by atoms with E-state index in [1.54, 1.807) is 36.2 Å². The van der Waals surface area contributed by atoms with Gasteiger partial charge in [0.2, 0.25) is 5.60 Å². The second-order valence-electron chi connectivity index (χ2n) is 6.71. The summed E-state index contributed by atoms with van der Waals surface area (Å²) in [5.74, 6) is -2.41. The molecule has 0 bridgehead atoms. The van der Waals surface area contributed by atoms with Crippen molar-refractivity contribution in [2.24, 2.45) is 5.92 Å². The zero-order valence-electron chi connectivity index (χ0n) is 12.6. The van der Waals surface area contributed by atoms with Gasteiger partial charge in [0.05, 0.1) is 5.69 Å². The van der Waals surface area contributed by atoms with Crippen LogP contribution >= 0.6 is 0 Å². The van der Waals surface area contributed by atoms with E-state index in [4.69, 9.17) is 0 Å². The topological polar surface area (TPSA) is 43.8 Å². The van der Waals surface area contributed by atoms with E-state index >= 15 is 0 Å². The average Bonchev–Trinajstić information content (AvgIpc) is 2.98. The normalized spacial score (nSPS) is 36.8. The highest BCUT2D eigenvalue weighted by molar-refractivity contribution is 6.05. The van der Waals surface area contributed by atoms with Gasteiger partial charge in [-0.25, -0.2) is 0 Å². The van der Waals surface area contributed by atoms with Gasteiger partial charge in [0.1, 0.15) is 5.66 Å².